The highest BCUT2D eigenvalue weighted by molar-refractivity contribution is 5.35. The molecule has 0 heterocycles. The number of rotatable bonds is 7. The second-order valence-corrected chi connectivity index (χ2v) is 9.39. The Morgan fingerprint density at radius 2 is 1.38 bits per heavy atom. The van der Waals surface area contributed by atoms with E-state index in [1.807, 2.05) is 0 Å². The minimum absolute atomic E-state index is 0.0610. The third-order valence-electron chi connectivity index (χ3n) is 7.08. The summed E-state index contributed by atoms with van der Waals surface area (Å²) >= 11 is 0. The van der Waals surface area contributed by atoms with Crippen molar-refractivity contribution in [2.24, 2.45) is 11.8 Å². The second-order valence-electron chi connectivity index (χ2n) is 9.39. The number of halogens is 2. The van der Waals surface area contributed by atoms with Crippen molar-refractivity contribution in [3.8, 4) is 11.5 Å². The van der Waals surface area contributed by atoms with Crippen LogP contribution in [-0.2, 0) is 0 Å². The minimum atomic E-state index is -0.991. The van der Waals surface area contributed by atoms with Gasteiger partial charge in [-0.2, -0.15) is 8.78 Å². The number of allylic oxidation sites excluding steroid dienone is 1. The summed E-state index contributed by atoms with van der Waals surface area (Å²) in [7, 11) is 0. The smallest absolute Gasteiger partial charge is 0.204 e. The Kier molecular flexibility index (Phi) is 7.49. The van der Waals surface area contributed by atoms with E-state index in [0.29, 0.717) is 12.5 Å². The maximum absolute atomic E-state index is 14.2. The summed E-state index contributed by atoms with van der Waals surface area (Å²) < 4.78 is 38.9. The molecule has 2 aromatic carbocycles. The van der Waals surface area contributed by atoms with Gasteiger partial charge in [0.25, 0.3) is 0 Å². The van der Waals surface area contributed by atoms with Gasteiger partial charge in [-0.15, -0.1) is 0 Å². The van der Waals surface area contributed by atoms with Crippen molar-refractivity contribution < 1.29 is 18.3 Å². The van der Waals surface area contributed by atoms with Gasteiger partial charge >= 0.3 is 0 Å². The molecule has 2 aliphatic carbocycles. The van der Waals surface area contributed by atoms with Gasteiger partial charge in [0.05, 0.1) is 13.2 Å². The molecule has 0 amide bonds. The van der Waals surface area contributed by atoms with Crippen LogP contribution in [0, 0.1) is 23.5 Å². The highest BCUT2D eigenvalue weighted by Gasteiger charge is 2.22. The molecule has 1 fully saturated rings. The highest BCUT2D eigenvalue weighted by atomic mass is 19.2. The van der Waals surface area contributed by atoms with Crippen LogP contribution in [0.5, 0.6) is 11.5 Å². The lowest BCUT2D eigenvalue weighted by Crippen LogP contribution is -2.16. The van der Waals surface area contributed by atoms with Gasteiger partial charge in [-0.3, -0.25) is 0 Å². The van der Waals surface area contributed by atoms with Crippen molar-refractivity contribution in [3.05, 3.63) is 71.3 Å². The molecule has 2 unspecified atom stereocenters. The zero-order valence-corrected chi connectivity index (χ0v) is 19.2. The fourth-order valence-corrected chi connectivity index (χ4v) is 4.99. The monoisotopic (exact) mass is 440 g/mol. The molecule has 0 saturated heterocycles. The molecule has 0 bridgehead atoms. The molecule has 2 atom stereocenters. The van der Waals surface area contributed by atoms with E-state index in [1.165, 1.54) is 48.9 Å². The van der Waals surface area contributed by atoms with E-state index in [1.54, 1.807) is 6.92 Å². The van der Waals surface area contributed by atoms with Crippen molar-refractivity contribution in [1.29, 1.82) is 0 Å². The lowest BCUT2D eigenvalue weighted by atomic mass is 9.78. The van der Waals surface area contributed by atoms with Gasteiger partial charge in [-0.05, 0) is 67.7 Å². The first-order valence-electron chi connectivity index (χ1n) is 12.1. The summed E-state index contributed by atoms with van der Waals surface area (Å²) in [6.45, 7) is 4.72. The standard InChI is InChI=1S/C28H34F2O2/c1-3-31-25-16-17-26(28(30)27(25)29)32-18-20-6-10-22(11-7-20)24-14-12-23(13-15-24)21-8-4-19(2)5-9-21/h6,10,12-17,19-22H,3-5,7-9,11,18H2,1-2H3. The normalized spacial score (nSPS) is 25.5. The molecule has 0 aliphatic heterocycles. The second kappa shape index (κ2) is 10.5. The molecular formula is C28H34F2O2. The summed E-state index contributed by atoms with van der Waals surface area (Å²) in [5, 5.41) is 0. The quantitative estimate of drug-likeness (QED) is 0.409. The molecule has 2 nitrogen and oxygen atoms in total. The molecule has 1 saturated carbocycles. The van der Waals surface area contributed by atoms with Crippen molar-refractivity contribution in [2.75, 3.05) is 13.2 Å². The fraction of sp³-hybridized carbons (Fsp3) is 0.500. The number of hydrogen-bond donors (Lipinski definition) is 0. The van der Waals surface area contributed by atoms with Crippen molar-refractivity contribution in [2.45, 2.75) is 64.2 Å². The van der Waals surface area contributed by atoms with Crippen molar-refractivity contribution >= 4 is 0 Å². The molecule has 4 heteroatoms. The maximum Gasteiger partial charge on any atom is 0.204 e. The Bertz CT molecular complexity index is 914. The van der Waals surface area contributed by atoms with Gasteiger partial charge in [-0.1, -0.05) is 56.2 Å². The molecule has 2 aliphatic rings. The van der Waals surface area contributed by atoms with Crippen LogP contribution in [0.3, 0.4) is 0 Å². The Morgan fingerprint density at radius 1 is 0.750 bits per heavy atom. The maximum atomic E-state index is 14.2. The zero-order chi connectivity index (χ0) is 22.5. The van der Waals surface area contributed by atoms with E-state index in [0.717, 1.165) is 24.7 Å². The Hall–Kier alpha value is -2.36. The summed E-state index contributed by atoms with van der Waals surface area (Å²) in [5.41, 5.74) is 2.84. The van der Waals surface area contributed by atoms with E-state index in [-0.39, 0.29) is 24.0 Å². The van der Waals surface area contributed by atoms with Crippen LogP contribution in [0.1, 0.15) is 75.3 Å². The fourth-order valence-electron chi connectivity index (χ4n) is 4.99. The Morgan fingerprint density at radius 3 is 1.97 bits per heavy atom. The number of hydrogen-bond acceptors (Lipinski definition) is 2. The first-order valence-corrected chi connectivity index (χ1v) is 12.1. The van der Waals surface area contributed by atoms with E-state index in [2.05, 4.69) is 43.3 Å². The topological polar surface area (TPSA) is 18.5 Å². The van der Waals surface area contributed by atoms with Crippen LogP contribution >= 0.6 is 0 Å². The van der Waals surface area contributed by atoms with Crippen LogP contribution in [0.15, 0.2) is 48.6 Å². The summed E-state index contributed by atoms with van der Waals surface area (Å²) in [4.78, 5) is 0. The summed E-state index contributed by atoms with van der Waals surface area (Å²) in [6.07, 6.45) is 11.7. The number of benzene rings is 2. The van der Waals surface area contributed by atoms with E-state index in [4.69, 9.17) is 9.47 Å². The van der Waals surface area contributed by atoms with E-state index in [9.17, 15) is 8.78 Å². The average Bonchev–Trinajstić information content (AvgIpc) is 2.83. The van der Waals surface area contributed by atoms with Gasteiger partial charge in [0.15, 0.2) is 11.5 Å². The van der Waals surface area contributed by atoms with E-state index >= 15 is 0 Å². The highest BCUT2D eigenvalue weighted by Crippen LogP contribution is 2.37. The van der Waals surface area contributed by atoms with Gasteiger partial charge < -0.3 is 9.47 Å². The van der Waals surface area contributed by atoms with Gasteiger partial charge in [0.1, 0.15) is 0 Å². The summed E-state index contributed by atoms with van der Waals surface area (Å²) in [6, 6.07) is 12.1. The molecule has 0 spiro atoms. The third-order valence-corrected chi connectivity index (χ3v) is 7.08. The minimum Gasteiger partial charge on any atom is -0.491 e. The predicted octanol–water partition coefficient (Wildman–Crippen LogP) is 7.79. The molecule has 0 N–H and O–H groups in total. The molecule has 2 aromatic rings. The zero-order valence-electron chi connectivity index (χ0n) is 19.2. The predicted molar refractivity (Wildman–Crippen MR) is 124 cm³/mol. The van der Waals surface area contributed by atoms with E-state index < -0.39 is 11.6 Å². The Balaban J connectivity index is 1.31. The number of ether oxygens (including phenoxy) is 2. The lowest BCUT2D eigenvalue weighted by molar-refractivity contribution is 0.243. The molecule has 172 valence electrons. The van der Waals surface area contributed by atoms with Crippen LogP contribution in [0.2, 0.25) is 0 Å². The molecule has 4 rings (SSSR count). The van der Waals surface area contributed by atoms with Gasteiger partial charge in [0.2, 0.25) is 11.6 Å². The van der Waals surface area contributed by atoms with Crippen molar-refractivity contribution in [3.63, 3.8) is 0 Å². The van der Waals surface area contributed by atoms with Crippen LogP contribution in [0.25, 0.3) is 0 Å². The molecule has 0 radical (unpaired) electrons. The van der Waals surface area contributed by atoms with Gasteiger partial charge in [-0.25, -0.2) is 0 Å². The first kappa shape index (κ1) is 22.8. The van der Waals surface area contributed by atoms with Crippen LogP contribution < -0.4 is 9.47 Å². The van der Waals surface area contributed by atoms with Crippen molar-refractivity contribution in [1.82, 2.24) is 0 Å². The summed E-state index contributed by atoms with van der Waals surface area (Å²) in [5.74, 6) is 0.0818. The van der Waals surface area contributed by atoms with Gasteiger partial charge in [0, 0.05) is 11.8 Å². The molecular weight excluding hydrogens is 406 g/mol. The van der Waals surface area contributed by atoms with Crippen LogP contribution in [-0.4, -0.2) is 13.2 Å². The third kappa shape index (κ3) is 5.33. The largest absolute Gasteiger partial charge is 0.491 e. The molecule has 32 heavy (non-hydrogen) atoms. The lowest BCUT2D eigenvalue weighted by Gasteiger charge is -2.27. The van der Waals surface area contributed by atoms with Crippen LogP contribution in [0.4, 0.5) is 8.78 Å². The Labute approximate surface area is 190 Å². The average molecular weight is 441 g/mol. The molecule has 0 aromatic heterocycles. The SMILES string of the molecule is CCOc1ccc(OCC2C=CC(c3ccc(C4CCC(C)CC4)cc3)CC2)c(F)c1F. The first-order chi connectivity index (χ1) is 15.5.